The molecule has 0 N–H and O–H groups in total. The summed E-state index contributed by atoms with van der Waals surface area (Å²) in [5.74, 6) is 1.26. The minimum Gasteiger partial charge on any atom is -0.198 e. The lowest BCUT2D eigenvalue weighted by molar-refractivity contribution is 0.0920. The zero-order valence-electron chi connectivity index (χ0n) is 9.18. The van der Waals surface area contributed by atoms with Gasteiger partial charge in [-0.3, -0.25) is 0 Å². The number of rotatable bonds is 3. The van der Waals surface area contributed by atoms with Gasteiger partial charge in [0.25, 0.3) is 0 Å². The molecule has 0 aliphatic heterocycles. The molecular weight excluding hydrogens is 146 g/mol. The summed E-state index contributed by atoms with van der Waals surface area (Å²) >= 11 is 0. The van der Waals surface area contributed by atoms with Crippen LogP contribution < -0.4 is 0 Å². The van der Waals surface area contributed by atoms with Crippen LogP contribution in [0, 0.1) is 34.5 Å². The van der Waals surface area contributed by atoms with E-state index in [1.807, 2.05) is 6.92 Å². The molecule has 1 atom stereocenters. The third kappa shape index (κ3) is 1.80. The van der Waals surface area contributed by atoms with E-state index in [1.54, 1.807) is 0 Å². The maximum Gasteiger partial charge on any atom is 0.0658 e. The van der Waals surface area contributed by atoms with E-state index in [0.717, 1.165) is 0 Å². The van der Waals surface area contributed by atoms with Gasteiger partial charge in [-0.15, -0.1) is 0 Å². The van der Waals surface area contributed by atoms with E-state index in [4.69, 9.17) is 5.26 Å². The average molecular weight is 167 g/mol. The molecule has 12 heavy (non-hydrogen) atoms. The summed E-state index contributed by atoms with van der Waals surface area (Å²) in [5, 5.41) is 8.92. The van der Waals surface area contributed by atoms with Crippen LogP contribution in [0.5, 0.6) is 0 Å². The monoisotopic (exact) mass is 167 g/mol. The standard InChI is InChI=1S/C11H21N/c1-8(2)11(6,9(3)4)10(5)7-12/h8-10H,1-6H3. The van der Waals surface area contributed by atoms with Gasteiger partial charge in [-0.25, -0.2) is 0 Å². The van der Waals surface area contributed by atoms with Crippen LogP contribution in [0.15, 0.2) is 0 Å². The van der Waals surface area contributed by atoms with Crippen molar-refractivity contribution in [2.75, 3.05) is 0 Å². The third-order valence-electron chi connectivity index (χ3n) is 3.61. The second-order valence-corrected chi connectivity index (χ2v) is 4.53. The Bertz CT molecular complexity index is 166. The number of nitriles is 1. The highest BCUT2D eigenvalue weighted by Crippen LogP contribution is 2.41. The first kappa shape index (κ1) is 11.5. The van der Waals surface area contributed by atoms with Gasteiger partial charge in [0.1, 0.15) is 0 Å². The van der Waals surface area contributed by atoms with E-state index >= 15 is 0 Å². The lowest BCUT2D eigenvalue weighted by Gasteiger charge is -2.40. The van der Waals surface area contributed by atoms with Gasteiger partial charge in [0, 0.05) is 5.92 Å². The lowest BCUT2D eigenvalue weighted by atomic mass is 9.63. The first-order valence-electron chi connectivity index (χ1n) is 4.77. The molecule has 0 amide bonds. The van der Waals surface area contributed by atoms with E-state index in [0.29, 0.717) is 11.8 Å². The van der Waals surface area contributed by atoms with Gasteiger partial charge in [-0.2, -0.15) is 5.26 Å². The zero-order chi connectivity index (χ0) is 9.94. The smallest absolute Gasteiger partial charge is 0.0658 e. The predicted molar refractivity (Wildman–Crippen MR) is 52.6 cm³/mol. The van der Waals surface area contributed by atoms with E-state index < -0.39 is 0 Å². The lowest BCUT2D eigenvalue weighted by Crippen LogP contribution is -2.35. The van der Waals surface area contributed by atoms with Crippen LogP contribution in [-0.4, -0.2) is 0 Å². The summed E-state index contributed by atoms with van der Waals surface area (Å²) in [6.45, 7) is 13.1. The molecule has 0 radical (unpaired) electrons. The average Bonchev–Trinajstić information content (AvgIpc) is 2.00. The van der Waals surface area contributed by atoms with Gasteiger partial charge in [0.05, 0.1) is 6.07 Å². The van der Waals surface area contributed by atoms with Crippen molar-refractivity contribution < 1.29 is 0 Å². The minimum atomic E-state index is 0.137. The normalized spacial score (nSPS) is 14.9. The van der Waals surface area contributed by atoms with Crippen LogP contribution >= 0.6 is 0 Å². The molecule has 70 valence electrons. The Hall–Kier alpha value is -0.510. The van der Waals surface area contributed by atoms with Crippen LogP contribution in [-0.2, 0) is 0 Å². The fourth-order valence-corrected chi connectivity index (χ4v) is 1.81. The Labute approximate surface area is 76.8 Å². The molecule has 0 aromatic rings. The summed E-state index contributed by atoms with van der Waals surface area (Å²) in [5.41, 5.74) is 0.148. The van der Waals surface area contributed by atoms with E-state index in [1.165, 1.54) is 0 Å². The van der Waals surface area contributed by atoms with Gasteiger partial charge in [0.2, 0.25) is 0 Å². The highest BCUT2D eigenvalue weighted by molar-refractivity contribution is 4.96. The van der Waals surface area contributed by atoms with E-state index in [9.17, 15) is 0 Å². The van der Waals surface area contributed by atoms with Crippen molar-refractivity contribution in [3.8, 4) is 6.07 Å². The molecule has 0 spiro atoms. The molecule has 0 heterocycles. The van der Waals surface area contributed by atoms with Gasteiger partial charge >= 0.3 is 0 Å². The second kappa shape index (κ2) is 3.94. The van der Waals surface area contributed by atoms with E-state index in [2.05, 4.69) is 40.7 Å². The van der Waals surface area contributed by atoms with Crippen LogP contribution in [0.2, 0.25) is 0 Å². The third-order valence-corrected chi connectivity index (χ3v) is 3.61. The number of nitrogens with zero attached hydrogens (tertiary/aromatic N) is 1. The van der Waals surface area contributed by atoms with Crippen molar-refractivity contribution in [2.45, 2.75) is 41.5 Å². The Morgan fingerprint density at radius 3 is 1.42 bits per heavy atom. The molecule has 0 saturated heterocycles. The van der Waals surface area contributed by atoms with Crippen molar-refractivity contribution in [1.82, 2.24) is 0 Å². The predicted octanol–water partition coefficient (Wildman–Crippen LogP) is 3.46. The van der Waals surface area contributed by atoms with Gasteiger partial charge in [0.15, 0.2) is 0 Å². The molecule has 0 aromatic carbocycles. The first-order chi connectivity index (χ1) is 5.37. The topological polar surface area (TPSA) is 23.8 Å². The molecule has 0 fully saturated rings. The summed E-state index contributed by atoms with van der Waals surface area (Å²) in [6.07, 6.45) is 0. The summed E-state index contributed by atoms with van der Waals surface area (Å²) in [6, 6.07) is 2.37. The molecular formula is C11H21N. The van der Waals surface area contributed by atoms with Crippen molar-refractivity contribution >= 4 is 0 Å². The molecule has 0 aliphatic rings. The Balaban J connectivity index is 4.77. The second-order valence-electron chi connectivity index (χ2n) is 4.53. The van der Waals surface area contributed by atoms with Crippen LogP contribution in [0.3, 0.4) is 0 Å². The number of hydrogen-bond acceptors (Lipinski definition) is 1. The Morgan fingerprint density at radius 2 is 1.33 bits per heavy atom. The molecule has 1 nitrogen and oxygen atoms in total. The molecule has 1 unspecified atom stereocenters. The largest absolute Gasteiger partial charge is 0.198 e. The van der Waals surface area contributed by atoms with Gasteiger partial charge in [-0.1, -0.05) is 34.6 Å². The molecule has 1 heteroatoms. The maximum atomic E-state index is 8.92. The maximum absolute atomic E-state index is 8.92. The van der Waals surface area contributed by atoms with Crippen molar-refractivity contribution in [3.63, 3.8) is 0 Å². The summed E-state index contributed by atoms with van der Waals surface area (Å²) in [4.78, 5) is 0. The number of hydrogen-bond donors (Lipinski definition) is 0. The SMILES string of the molecule is CC(C)C(C)(C(C)C)C(C)C#N. The minimum absolute atomic E-state index is 0.137. The van der Waals surface area contributed by atoms with Crippen molar-refractivity contribution in [3.05, 3.63) is 0 Å². The molecule has 0 saturated carbocycles. The Kier molecular flexibility index (Phi) is 3.77. The highest BCUT2D eigenvalue weighted by Gasteiger charge is 2.37. The molecule has 0 bridgehead atoms. The molecule has 0 rings (SSSR count). The highest BCUT2D eigenvalue weighted by atomic mass is 14.4. The summed E-state index contributed by atoms with van der Waals surface area (Å²) < 4.78 is 0. The van der Waals surface area contributed by atoms with Gasteiger partial charge < -0.3 is 0 Å². The quantitative estimate of drug-likeness (QED) is 0.631. The summed E-state index contributed by atoms with van der Waals surface area (Å²) in [7, 11) is 0. The fraction of sp³-hybridized carbons (Fsp3) is 0.909. The van der Waals surface area contributed by atoms with Gasteiger partial charge in [-0.05, 0) is 24.2 Å². The molecule has 0 aliphatic carbocycles. The molecule has 0 aromatic heterocycles. The first-order valence-corrected chi connectivity index (χ1v) is 4.77. The van der Waals surface area contributed by atoms with Crippen molar-refractivity contribution in [1.29, 1.82) is 5.26 Å². The van der Waals surface area contributed by atoms with Crippen LogP contribution in [0.4, 0.5) is 0 Å². The van der Waals surface area contributed by atoms with Crippen LogP contribution in [0.25, 0.3) is 0 Å². The van der Waals surface area contributed by atoms with Crippen molar-refractivity contribution in [2.24, 2.45) is 23.2 Å². The van der Waals surface area contributed by atoms with E-state index in [-0.39, 0.29) is 11.3 Å². The fourth-order valence-electron chi connectivity index (χ4n) is 1.81. The Morgan fingerprint density at radius 1 is 1.00 bits per heavy atom. The zero-order valence-corrected chi connectivity index (χ0v) is 9.18. The van der Waals surface area contributed by atoms with Crippen LogP contribution in [0.1, 0.15) is 41.5 Å².